The highest BCUT2D eigenvalue weighted by molar-refractivity contribution is 5.83. The average Bonchev–Trinajstić information content (AvgIpc) is 3.79. The zero-order valence-corrected chi connectivity index (χ0v) is 23.6. The van der Waals surface area contributed by atoms with Gasteiger partial charge in [0.2, 0.25) is 11.8 Å². The third-order valence-electron chi connectivity index (χ3n) is 8.98. The molecule has 2 aromatic heterocycles. The number of imidazole rings is 2. The zero-order valence-electron chi connectivity index (χ0n) is 23.6. The van der Waals surface area contributed by atoms with Gasteiger partial charge in [0.1, 0.15) is 11.6 Å². The van der Waals surface area contributed by atoms with E-state index in [1.807, 2.05) is 53.2 Å². The Hall–Kier alpha value is -4.16. The summed E-state index contributed by atoms with van der Waals surface area (Å²) in [5.74, 6) is 8.62. The molecule has 0 spiro atoms. The van der Waals surface area contributed by atoms with Gasteiger partial charge < -0.3 is 19.8 Å². The molecule has 7 rings (SSSR count). The summed E-state index contributed by atoms with van der Waals surface area (Å²) in [4.78, 5) is 48.0. The van der Waals surface area contributed by atoms with Crippen molar-refractivity contribution in [2.24, 2.45) is 0 Å². The van der Waals surface area contributed by atoms with Gasteiger partial charge in [-0.25, -0.2) is 9.97 Å². The van der Waals surface area contributed by atoms with Gasteiger partial charge in [-0.1, -0.05) is 11.8 Å². The van der Waals surface area contributed by atoms with Crippen LogP contribution in [-0.4, -0.2) is 79.2 Å². The summed E-state index contributed by atoms with van der Waals surface area (Å²) < 4.78 is 0. The first kappa shape index (κ1) is 25.8. The van der Waals surface area contributed by atoms with E-state index in [0.29, 0.717) is 0 Å². The van der Waals surface area contributed by atoms with Crippen molar-refractivity contribution in [2.45, 2.75) is 63.6 Å². The van der Waals surface area contributed by atoms with Crippen LogP contribution in [0.2, 0.25) is 0 Å². The summed E-state index contributed by atoms with van der Waals surface area (Å²) in [7, 11) is 2.05. The van der Waals surface area contributed by atoms with Crippen LogP contribution in [0.5, 0.6) is 0 Å². The van der Waals surface area contributed by atoms with E-state index >= 15 is 0 Å². The molecule has 0 bridgehead atoms. The Balaban J connectivity index is 1.10. The van der Waals surface area contributed by atoms with Crippen molar-refractivity contribution in [3.05, 3.63) is 59.2 Å². The molecule has 3 aliphatic rings. The summed E-state index contributed by atoms with van der Waals surface area (Å²) >= 11 is 0. The van der Waals surface area contributed by atoms with Gasteiger partial charge in [0, 0.05) is 31.1 Å². The monoisotopic (exact) mass is 549 g/mol. The molecule has 3 fully saturated rings. The van der Waals surface area contributed by atoms with Crippen LogP contribution in [0.15, 0.2) is 36.4 Å². The lowest BCUT2D eigenvalue weighted by Crippen LogP contribution is -2.44. The largest absolute Gasteiger partial charge is 0.340 e. The summed E-state index contributed by atoms with van der Waals surface area (Å²) in [5, 5.41) is 0. The third-order valence-corrected chi connectivity index (χ3v) is 8.98. The van der Waals surface area contributed by atoms with E-state index in [1.54, 1.807) is 6.92 Å². The molecular formula is C32H35N7O2. The van der Waals surface area contributed by atoms with Gasteiger partial charge in [-0.05, 0) is 88.5 Å². The number of fused-ring (bicyclic) bond motifs is 2. The molecule has 0 aliphatic carbocycles. The Morgan fingerprint density at radius 2 is 1.32 bits per heavy atom. The van der Waals surface area contributed by atoms with E-state index in [-0.39, 0.29) is 29.9 Å². The molecule has 0 saturated carbocycles. The van der Waals surface area contributed by atoms with Gasteiger partial charge in [0.25, 0.3) is 0 Å². The van der Waals surface area contributed by atoms with E-state index in [2.05, 4.69) is 26.7 Å². The summed E-state index contributed by atoms with van der Waals surface area (Å²) in [6.07, 6.45) is 5.87. The maximum atomic E-state index is 13.3. The van der Waals surface area contributed by atoms with E-state index in [1.165, 1.54) is 0 Å². The fraction of sp³-hybridized carbons (Fsp3) is 0.438. The Bertz CT molecular complexity index is 1710. The van der Waals surface area contributed by atoms with Crippen LogP contribution in [0.25, 0.3) is 22.1 Å². The van der Waals surface area contributed by atoms with Crippen LogP contribution in [0.1, 0.15) is 80.3 Å². The van der Waals surface area contributed by atoms with Crippen molar-refractivity contribution in [3.63, 3.8) is 0 Å². The predicted molar refractivity (Wildman–Crippen MR) is 157 cm³/mol. The van der Waals surface area contributed by atoms with Gasteiger partial charge in [-0.2, -0.15) is 0 Å². The second-order valence-electron chi connectivity index (χ2n) is 11.7. The fourth-order valence-corrected chi connectivity index (χ4v) is 6.83. The molecule has 9 nitrogen and oxygen atoms in total. The number of rotatable bonds is 3. The second kappa shape index (κ2) is 10.3. The van der Waals surface area contributed by atoms with Gasteiger partial charge in [0.15, 0.2) is 0 Å². The average molecular weight is 550 g/mol. The molecule has 210 valence electrons. The number of aromatic amines is 2. The van der Waals surface area contributed by atoms with Gasteiger partial charge >= 0.3 is 0 Å². The number of hydrogen-bond acceptors (Lipinski definition) is 5. The van der Waals surface area contributed by atoms with Crippen molar-refractivity contribution >= 4 is 33.9 Å². The van der Waals surface area contributed by atoms with Gasteiger partial charge in [-0.15, -0.1) is 0 Å². The number of nitrogens with one attached hydrogen (secondary N) is 2. The highest BCUT2D eigenvalue weighted by Gasteiger charge is 2.38. The van der Waals surface area contributed by atoms with Crippen molar-refractivity contribution in [1.82, 2.24) is 34.6 Å². The highest BCUT2D eigenvalue weighted by Crippen LogP contribution is 2.34. The lowest BCUT2D eigenvalue weighted by Gasteiger charge is -2.29. The van der Waals surface area contributed by atoms with Crippen LogP contribution in [0, 0.1) is 11.8 Å². The molecule has 3 atom stereocenters. The van der Waals surface area contributed by atoms with Crippen molar-refractivity contribution in [3.8, 4) is 11.8 Å². The Labute approximate surface area is 239 Å². The smallest absolute Gasteiger partial charge is 0.240 e. The van der Waals surface area contributed by atoms with Gasteiger partial charge in [-0.3, -0.25) is 14.5 Å². The molecule has 2 aromatic carbocycles. The highest BCUT2D eigenvalue weighted by atomic mass is 16.2. The maximum Gasteiger partial charge on any atom is 0.240 e. The van der Waals surface area contributed by atoms with Crippen molar-refractivity contribution in [1.29, 1.82) is 0 Å². The Morgan fingerprint density at radius 1 is 0.780 bits per heavy atom. The standard InChI is InChI=1S/C32H35N7O2/c1-20(40)38-16-4-6-27(38)30-33-23-13-11-21(18-25(23)35-30)9-10-22-12-14-24-26(19-22)36-31(34-24)28-7-5-17-39(28)32(41)29-8-3-15-37(29)2/h11-14,18-19,27-29H,3-8,15-17H2,1-2H3,(H,33,35)(H,34,36)/t27-,28-,29+/m0/s1. The molecule has 3 saturated heterocycles. The second-order valence-corrected chi connectivity index (χ2v) is 11.7. The number of amides is 2. The van der Waals surface area contributed by atoms with Crippen molar-refractivity contribution < 1.29 is 9.59 Å². The first-order chi connectivity index (χ1) is 19.9. The SMILES string of the molecule is CC(=O)N1CCC[C@H]1c1nc2ccc(C#Cc3ccc4nc([C@@H]5CCCN5C(=O)[C@H]5CCCN5C)[nH]c4c3)cc2[nH]1. The molecule has 9 heteroatoms. The molecule has 3 aliphatic heterocycles. The number of benzene rings is 2. The number of likely N-dealkylation sites (tertiary alicyclic amines) is 3. The fourth-order valence-electron chi connectivity index (χ4n) is 6.83. The van der Waals surface area contributed by atoms with Gasteiger partial charge in [0.05, 0.1) is 40.2 Å². The molecular weight excluding hydrogens is 514 g/mol. The molecule has 2 amide bonds. The summed E-state index contributed by atoms with van der Waals surface area (Å²) in [6.45, 7) is 4.18. The minimum absolute atomic E-state index is 0.00350. The third kappa shape index (κ3) is 4.76. The minimum Gasteiger partial charge on any atom is -0.340 e. The number of aromatic nitrogens is 4. The molecule has 41 heavy (non-hydrogen) atoms. The number of H-pyrrole nitrogens is 2. The number of carbonyl (C=O) groups is 2. The lowest BCUT2D eigenvalue weighted by molar-refractivity contribution is -0.136. The van der Waals surface area contributed by atoms with Crippen LogP contribution in [0.3, 0.4) is 0 Å². The number of likely N-dealkylation sites (N-methyl/N-ethyl adjacent to an activating group) is 1. The van der Waals surface area contributed by atoms with E-state index < -0.39 is 0 Å². The molecule has 0 radical (unpaired) electrons. The summed E-state index contributed by atoms with van der Waals surface area (Å²) in [6, 6.07) is 12.0. The van der Waals surface area contributed by atoms with Crippen LogP contribution >= 0.6 is 0 Å². The molecule has 2 N–H and O–H groups in total. The number of carbonyl (C=O) groups excluding carboxylic acids is 2. The first-order valence-corrected chi connectivity index (χ1v) is 14.7. The van der Waals surface area contributed by atoms with E-state index in [4.69, 9.17) is 9.97 Å². The van der Waals surface area contributed by atoms with Crippen LogP contribution in [-0.2, 0) is 9.59 Å². The maximum absolute atomic E-state index is 13.3. The van der Waals surface area contributed by atoms with E-state index in [9.17, 15) is 9.59 Å². The Morgan fingerprint density at radius 3 is 1.85 bits per heavy atom. The molecule has 0 unspecified atom stereocenters. The van der Waals surface area contributed by atoms with Crippen molar-refractivity contribution in [2.75, 3.05) is 26.7 Å². The first-order valence-electron chi connectivity index (χ1n) is 14.7. The Kier molecular flexibility index (Phi) is 6.51. The topological polar surface area (TPSA) is 101 Å². The van der Waals surface area contributed by atoms with E-state index in [0.717, 1.165) is 103 Å². The zero-order chi connectivity index (χ0) is 28.1. The quantitative estimate of drug-likeness (QED) is 0.372. The predicted octanol–water partition coefficient (Wildman–Crippen LogP) is 4.28. The molecule has 5 heterocycles. The normalized spacial score (nSPS) is 23.0. The minimum atomic E-state index is -0.00707. The number of hydrogen-bond donors (Lipinski definition) is 2. The van der Waals surface area contributed by atoms with Crippen LogP contribution in [0.4, 0.5) is 0 Å². The van der Waals surface area contributed by atoms with Crippen LogP contribution < -0.4 is 0 Å². The lowest BCUT2D eigenvalue weighted by atomic mass is 10.1. The number of nitrogens with zero attached hydrogens (tertiary/aromatic N) is 5. The summed E-state index contributed by atoms with van der Waals surface area (Å²) in [5.41, 5.74) is 5.42. The molecule has 4 aromatic rings.